The molecular formula is C28H30N2O5. The fourth-order valence-corrected chi connectivity index (χ4v) is 5.62. The predicted octanol–water partition coefficient (Wildman–Crippen LogP) is 4.64. The van der Waals surface area contributed by atoms with Crippen LogP contribution in [0.5, 0.6) is 11.5 Å². The molecule has 0 atom stereocenters. The first-order valence-electron chi connectivity index (χ1n) is 12.2. The number of aryl methyl sites for hydroxylation is 2. The molecule has 7 nitrogen and oxygen atoms in total. The number of methoxy groups -OCH3 is 2. The maximum atomic E-state index is 11.5. The summed E-state index contributed by atoms with van der Waals surface area (Å²) in [6.45, 7) is 1.42. The van der Waals surface area contributed by atoms with Gasteiger partial charge in [0.1, 0.15) is 17.3 Å². The number of carbonyl (C=O) groups excluding carboxylic acids is 1. The van der Waals surface area contributed by atoms with Gasteiger partial charge in [-0.3, -0.25) is 4.79 Å². The Bertz CT molecular complexity index is 1410. The van der Waals surface area contributed by atoms with Gasteiger partial charge in [0.25, 0.3) is 0 Å². The van der Waals surface area contributed by atoms with Gasteiger partial charge in [0, 0.05) is 58.9 Å². The molecule has 0 amide bonds. The van der Waals surface area contributed by atoms with Crippen LogP contribution < -0.4 is 9.47 Å². The standard InChI is InChI=1S/C15H17NO3.C13H13NO2/c1-17-10-2-3-13-11(8-10)12-9-15(18-6-7-19-15)5-4-14(12)16-13;1-16-9-3-5-13-11(7-9)10-6-8(15)2-4-12(10)14-13/h2-3,8,16H,4-7,9H2,1H3;3,5,7,14H,2,4,6H2,1H3. The number of fused-ring (bicyclic) bond motifs is 6. The molecule has 2 N–H and O–H groups in total. The number of aromatic amines is 2. The molecule has 1 spiro atoms. The van der Waals surface area contributed by atoms with Crippen LogP contribution >= 0.6 is 0 Å². The Morgan fingerprint density at radius 2 is 1.40 bits per heavy atom. The second kappa shape index (κ2) is 8.73. The third kappa shape index (κ3) is 3.98. The normalized spacial score (nSPS) is 18.3. The summed E-state index contributed by atoms with van der Waals surface area (Å²) in [6.07, 6.45) is 4.80. The molecule has 0 radical (unpaired) electrons. The lowest BCUT2D eigenvalue weighted by Crippen LogP contribution is -2.36. The van der Waals surface area contributed by atoms with Gasteiger partial charge in [-0.25, -0.2) is 0 Å². The van der Waals surface area contributed by atoms with Crippen molar-refractivity contribution < 1.29 is 23.7 Å². The summed E-state index contributed by atoms with van der Waals surface area (Å²) in [5.74, 6) is 1.68. The first kappa shape index (κ1) is 22.2. The third-order valence-electron chi connectivity index (χ3n) is 7.45. The summed E-state index contributed by atoms with van der Waals surface area (Å²) in [5, 5.41) is 2.36. The number of ketones is 1. The summed E-state index contributed by atoms with van der Waals surface area (Å²) < 4.78 is 22.2. The van der Waals surface area contributed by atoms with E-state index in [1.54, 1.807) is 14.2 Å². The molecule has 3 aliphatic rings. The summed E-state index contributed by atoms with van der Waals surface area (Å²) in [5.41, 5.74) is 7.27. The summed E-state index contributed by atoms with van der Waals surface area (Å²) in [7, 11) is 3.36. The van der Waals surface area contributed by atoms with Gasteiger partial charge < -0.3 is 28.9 Å². The number of Topliss-reactive ketones (excluding diaryl/α,β-unsaturated/α-hetero) is 1. The highest BCUT2D eigenvalue weighted by molar-refractivity contribution is 5.93. The third-order valence-corrected chi connectivity index (χ3v) is 7.45. The van der Waals surface area contributed by atoms with Crippen LogP contribution in [0, 0.1) is 0 Å². The Balaban J connectivity index is 0.000000133. The number of H-pyrrole nitrogens is 2. The highest BCUT2D eigenvalue weighted by atomic mass is 16.7. The Hall–Kier alpha value is -3.29. The minimum atomic E-state index is -0.384. The van der Waals surface area contributed by atoms with Crippen molar-refractivity contribution in [2.24, 2.45) is 0 Å². The number of ether oxygens (including phenoxy) is 4. The fourth-order valence-electron chi connectivity index (χ4n) is 5.62. The van der Waals surface area contributed by atoms with Gasteiger partial charge in [-0.15, -0.1) is 0 Å². The minimum absolute atomic E-state index is 0.330. The zero-order valence-corrected chi connectivity index (χ0v) is 20.2. The van der Waals surface area contributed by atoms with Gasteiger partial charge in [0.2, 0.25) is 0 Å². The van der Waals surface area contributed by atoms with Crippen LogP contribution in [0.2, 0.25) is 0 Å². The molecule has 1 fully saturated rings. The molecule has 4 aromatic rings. The Morgan fingerprint density at radius 1 is 0.800 bits per heavy atom. The van der Waals surface area contributed by atoms with Gasteiger partial charge >= 0.3 is 0 Å². The molecule has 0 bridgehead atoms. The van der Waals surface area contributed by atoms with Crippen LogP contribution in [-0.2, 0) is 40.0 Å². The SMILES string of the molecule is COc1ccc2[nH]c3c(c2c1)CC(=O)CC3.COc1ccc2[nH]c3c(c2c1)CC1(CC3)OCCO1. The van der Waals surface area contributed by atoms with E-state index in [0.29, 0.717) is 31.8 Å². The molecule has 0 unspecified atom stereocenters. The monoisotopic (exact) mass is 474 g/mol. The number of carbonyl (C=O) groups is 1. The molecule has 2 aromatic heterocycles. The van der Waals surface area contributed by atoms with Gasteiger partial charge in [0.15, 0.2) is 5.79 Å². The molecular weight excluding hydrogens is 444 g/mol. The van der Waals surface area contributed by atoms with Gasteiger partial charge in [-0.05, 0) is 60.4 Å². The van der Waals surface area contributed by atoms with Crippen LogP contribution in [-0.4, -0.2) is 49.0 Å². The molecule has 7 rings (SSSR count). The molecule has 3 heterocycles. The molecule has 182 valence electrons. The van der Waals surface area contributed by atoms with Crippen molar-refractivity contribution in [3.63, 3.8) is 0 Å². The van der Waals surface area contributed by atoms with Crippen LogP contribution in [0.15, 0.2) is 36.4 Å². The van der Waals surface area contributed by atoms with Crippen molar-refractivity contribution >= 4 is 27.6 Å². The first-order valence-corrected chi connectivity index (χ1v) is 12.2. The zero-order valence-electron chi connectivity index (χ0n) is 20.2. The lowest BCUT2D eigenvalue weighted by molar-refractivity contribution is -0.163. The van der Waals surface area contributed by atoms with E-state index >= 15 is 0 Å². The van der Waals surface area contributed by atoms with E-state index in [4.69, 9.17) is 18.9 Å². The maximum absolute atomic E-state index is 11.5. The van der Waals surface area contributed by atoms with E-state index in [-0.39, 0.29) is 5.79 Å². The lowest BCUT2D eigenvalue weighted by atomic mass is 9.90. The van der Waals surface area contributed by atoms with Crippen molar-refractivity contribution in [3.8, 4) is 11.5 Å². The topological polar surface area (TPSA) is 85.6 Å². The first-order chi connectivity index (χ1) is 17.1. The Labute approximate surface area is 203 Å². The van der Waals surface area contributed by atoms with Crippen LogP contribution in [0.1, 0.15) is 35.4 Å². The number of hydrogen-bond donors (Lipinski definition) is 2. The van der Waals surface area contributed by atoms with Gasteiger partial charge in [-0.2, -0.15) is 0 Å². The van der Waals surface area contributed by atoms with Crippen LogP contribution in [0.3, 0.4) is 0 Å². The summed E-state index contributed by atoms with van der Waals surface area (Å²) in [4.78, 5) is 18.4. The molecule has 2 aromatic carbocycles. The van der Waals surface area contributed by atoms with E-state index in [1.165, 1.54) is 27.9 Å². The smallest absolute Gasteiger partial charge is 0.172 e. The van der Waals surface area contributed by atoms with E-state index < -0.39 is 0 Å². The second-order valence-electron chi connectivity index (χ2n) is 9.49. The van der Waals surface area contributed by atoms with Gasteiger partial charge in [-0.1, -0.05) is 0 Å². The minimum Gasteiger partial charge on any atom is -0.497 e. The van der Waals surface area contributed by atoms with E-state index in [0.717, 1.165) is 53.6 Å². The zero-order chi connectivity index (χ0) is 24.0. The number of aromatic nitrogens is 2. The maximum Gasteiger partial charge on any atom is 0.172 e. The van der Waals surface area contributed by atoms with Crippen molar-refractivity contribution in [2.75, 3.05) is 27.4 Å². The Morgan fingerprint density at radius 3 is 2.03 bits per heavy atom. The second-order valence-corrected chi connectivity index (χ2v) is 9.49. The average molecular weight is 475 g/mol. The van der Waals surface area contributed by atoms with Crippen molar-refractivity contribution in [3.05, 3.63) is 58.9 Å². The quantitative estimate of drug-likeness (QED) is 0.442. The molecule has 1 saturated heterocycles. The molecule has 35 heavy (non-hydrogen) atoms. The highest BCUT2D eigenvalue weighted by Gasteiger charge is 2.41. The Kier molecular flexibility index (Phi) is 5.54. The van der Waals surface area contributed by atoms with Crippen molar-refractivity contribution in [1.82, 2.24) is 9.97 Å². The number of rotatable bonds is 2. The van der Waals surface area contributed by atoms with E-state index in [1.807, 2.05) is 24.3 Å². The number of nitrogens with one attached hydrogen (secondary N) is 2. The van der Waals surface area contributed by atoms with Crippen LogP contribution in [0.25, 0.3) is 21.8 Å². The molecule has 2 aliphatic carbocycles. The molecule has 1 aliphatic heterocycles. The lowest BCUT2D eigenvalue weighted by Gasteiger charge is -2.31. The largest absolute Gasteiger partial charge is 0.497 e. The summed E-state index contributed by atoms with van der Waals surface area (Å²) in [6, 6.07) is 12.1. The van der Waals surface area contributed by atoms with Crippen molar-refractivity contribution in [1.29, 1.82) is 0 Å². The summed E-state index contributed by atoms with van der Waals surface area (Å²) >= 11 is 0. The molecule has 7 heteroatoms. The van der Waals surface area contributed by atoms with Crippen LogP contribution in [0.4, 0.5) is 0 Å². The number of benzene rings is 2. The van der Waals surface area contributed by atoms with E-state index in [2.05, 4.69) is 22.1 Å². The predicted molar refractivity (Wildman–Crippen MR) is 133 cm³/mol. The fraction of sp³-hybridized carbons (Fsp3) is 0.393. The number of hydrogen-bond acceptors (Lipinski definition) is 5. The van der Waals surface area contributed by atoms with E-state index in [9.17, 15) is 4.79 Å². The highest BCUT2D eigenvalue weighted by Crippen LogP contribution is 2.39. The molecule has 0 saturated carbocycles. The van der Waals surface area contributed by atoms with Gasteiger partial charge in [0.05, 0.1) is 27.4 Å². The van der Waals surface area contributed by atoms with Crippen molar-refractivity contribution in [2.45, 2.75) is 44.3 Å². The average Bonchev–Trinajstić information content (AvgIpc) is 3.59.